The summed E-state index contributed by atoms with van der Waals surface area (Å²) >= 11 is 0. The Kier molecular flexibility index (Phi) is 2.86. The van der Waals surface area contributed by atoms with Gasteiger partial charge < -0.3 is 5.73 Å². The number of aryl methyl sites for hydroxylation is 2. The molecule has 2 N–H and O–H groups in total. The minimum atomic E-state index is -0.274. The van der Waals surface area contributed by atoms with Gasteiger partial charge in [0.25, 0.3) is 0 Å². The summed E-state index contributed by atoms with van der Waals surface area (Å²) in [5.74, 6) is 0.794. The van der Waals surface area contributed by atoms with Gasteiger partial charge in [0.1, 0.15) is 5.82 Å². The van der Waals surface area contributed by atoms with Crippen molar-refractivity contribution in [2.45, 2.75) is 38.6 Å². The number of nitrogens with zero attached hydrogens (tertiary/aromatic N) is 2. The van der Waals surface area contributed by atoms with E-state index in [0.29, 0.717) is 0 Å². The first kappa shape index (κ1) is 12.3. The van der Waals surface area contributed by atoms with Crippen LogP contribution in [0.5, 0.6) is 0 Å². The number of nitrogens with two attached hydrogens (primary N) is 1. The number of hydrogen-bond acceptors (Lipinski definition) is 3. The van der Waals surface area contributed by atoms with E-state index < -0.39 is 0 Å². The summed E-state index contributed by atoms with van der Waals surface area (Å²) in [7, 11) is 0. The van der Waals surface area contributed by atoms with Crippen LogP contribution in [0.1, 0.15) is 36.8 Å². The number of hydrogen-bond donors (Lipinski definition) is 1. The lowest BCUT2D eigenvalue weighted by Gasteiger charge is -2.11. The van der Waals surface area contributed by atoms with E-state index in [1.165, 1.54) is 5.56 Å². The van der Waals surface area contributed by atoms with Crippen molar-refractivity contribution >= 4 is 0 Å². The molecule has 3 heteroatoms. The van der Waals surface area contributed by atoms with Gasteiger partial charge in [0, 0.05) is 11.3 Å². The number of benzene rings is 1. The lowest BCUT2D eigenvalue weighted by molar-refractivity contribution is 0.669. The summed E-state index contributed by atoms with van der Waals surface area (Å²) in [6, 6.07) is 10.6. The van der Waals surface area contributed by atoms with Crippen molar-refractivity contribution in [2.24, 2.45) is 5.73 Å². The summed E-state index contributed by atoms with van der Waals surface area (Å²) in [5.41, 5.74) is 10.4. The van der Waals surface area contributed by atoms with Gasteiger partial charge in [-0.2, -0.15) is 0 Å². The first-order chi connectivity index (χ1) is 9.10. The van der Waals surface area contributed by atoms with Crippen molar-refractivity contribution in [3.05, 3.63) is 47.4 Å². The maximum atomic E-state index is 6.20. The van der Waals surface area contributed by atoms with Gasteiger partial charge in [-0.25, -0.2) is 9.97 Å². The van der Waals surface area contributed by atoms with Gasteiger partial charge in [0.2, 0.25) is 0 Å². The van der Waals surface area contributed by atoms with Crippen LogP contribution < -0.4 is 5.73 Å². The van der Waals surface area contributed by atoms with Gasteiger partial charge in [0.15, 0.2) is 0 Å². The van der Waals surface area contributed by atoms with Crippen LogP contribution in [-0.4, -0.2) is 9.97 Å². The van der Waals surface area contributed by atoms with Gasteiger partial charge in [-0.1, -0.05) is 31.2 Å². The molecule has 0 saturated heterocycles. The highest BCUT2D eigenvalue weighted by Crippen LogP contribution is 2.41. The van der Waals surface area contributed by atoms with Crippen molar-refractivity contribution < 1.29 is 0 Å². The molecule has 3 nitrogen and oxygen atoms in total. The van der Waals surface area contributed by atoms with Crippen LogP contribution in [0.3, 0.4) is 0 Å². The third kappa shape index (κ3) is 2.38. The smallest absolute Gasteiger partial charge is 0.149 e. The second kappa shape index (κ2) is 4.42. The quantitative estimate of drug-likeness (QED) is 0.915. The fraction of sp³-hybridized carbons (Fsp3) is 0.375. The molecule has 0 atom stereocenters. The molecular formula is C16H19N3. The maximum absolute atomic E-state index is 6.20. The minimum Gasteiger partial charge on any atom is -0.319 e. The average molecular weight is 253 g/mol. The Bertz CT molecular complexity index is 598. The van der Waals surface area contributed by atoms with Crippen molar-refractivity contribution in [3.63, 3.8) is 0 Å². The molecular weight excluding hydrogens is 234 g/mol. The first-order valence-corrected chi connectivity index (χ1v) is 6.85. The molecule has 0 unspecified atom stereocenters. The zero-order chi connectivity index (χ0) is 13.5. The number of aromatic nitrogens is 2. The van der Waals surface area contributed by atoms with Crippen LogP contribution in [0.25, 0.3) is 11.3 Å². The standard InChI is InChI=1S/C16H19N3/c1-3-12-4-6-13(7-5-12)14-10-11(2)18-15(19-14)16(17)8-9-16/h4-7,10H,3,8-9,17H2,1-2H3. The summed E-state index contributed by atoms with van der Waals surface area (Å²) in [5, 5.41) is 0. The predicted molar refractivity (Wildman–Crippen MR) is 76.7 cm³/mol. The van der Waals surface area contributed by atoms with Gasteiger partial charge in [-0.3, -0.25) is 0 Å². The summed E-state index contributed by atoms with van der Waals surface area (Å²) in [6.07, 6.45) is 3.04. The van der Waals surface area contributed by atoms with Crippen molar-refractivity contribution in [2.75, 3.05) is 0 Å². The Morgan fingerprint density at radius 3 is 2.42 bits per heavy atom. The van der Waals surface area contributed by atoms with Crippen LogP contribution in [-0.2, 0) is 12.0 Å². The highest BCUT2D eigenvalue weighted by atomic mass is 15.0. The van der Waals surface area contributed by atoms with Crippen LogP contribution in [0.2, 0.25) is 0 Å². The molecule has 1 aromatic heterocycles. The van der Waals surface area contributed by atoms with E-state index in [9.17, 15) is 0 Å². The predicted octanol–water partition coefficient (Wildman–Crippen LogP) is 2.96. The minimum absolute atomic E-state index is 0.274. The fourth-order valence-electron chi connectivity index (χ4n) is 2.21. The molecule has 1 saturated carbocycles. The number of rotatable bonds is 3. The molecule has 19 heavy (non-hydrogen) atoms. The Morgan fingerprint density at radius 2 is 1.84 bits per heavy atom. The molecule has 0 bridgehead atoms. The maximum Gasteiger partial charge on any atom is 0.149 e. The van der Waals surface area contributed by atoms with Crippen LogP contribution in [0.4, 0.5) is 0 Å². The average Bonchev–Trinajstić information content (AvgIpc) is 3.18. The lowest BCUT2D eigenvalue weighted by Crippen LogP contribution is -2.22. The Hall–Kier alpha value is -1.74. The van der Waals surface area contributed by atoms with Gasteiger partial charge in [-0.15, -0.1) is 0 Å². The van der Waals surface area contributed by atoms with Crippen molar-refractivity contribution in [1.29, 1.82) is 0 Å². The topological polar surface area (TPSA) is 51.8 Å². The van der Waals surface area contributed by atoms with Gasteiger partial charge in [-0.05, 0) is 37.8 Å². The highest BCUT2D eigenvalue weighted by molar-refractivity contribution is 5.60. The fourth-order valence-corrected chi connectivity index (χ4v) is 2.21. The van der Waals surface area contributed by atoms with Crippen molar-refractivity contribution in [1.82, 2.24) is 9.97 Å². The van der Waals surface area contributed by atoms with Crippen LogP contribution in [0, 0.1) is 6.92 Å². The van der Waals surface area contributed by atoms with E-state index in [0.717, 1.165) is 42.0 Å². The Labute approximate surface area is 113 Å². The molecule has 0 aliphatic heterocycles. The molecule has 1 aliphatic rings. The first-order valence-electron chi connectivity index (χ1n) is 6.85. The molecule has 1 aliphatic carbocycles. The van der Waals surface area contributed by atoms with E-state index in [-0.39, 0.29) is 5.54 Å². The van der Waals surface area contributed by atoms with Crippen molar-refractivity contribution in [3.8, 4) is 11.3 Å². The normalized spacial score (nSPS) is 16.4. The van der Waals surface area contributed by atoms with E-state index in [4.69, 9.17) is 5.73 Å². The molecule has 1 fully saturated rings. The third-order valence-electron chi connectivity index (χ3n) is 3.75. The Balaban J connectivity index is 2.01. The molecule has 2 aromatic rings. The second-order valence-electron chi connectivity index (χ2n) is 5.42. The van der Waals surface area contributed by atoms with Crippen LogP contribution >= 0.6 is 0 Å². The van der Waals surface area contributed by atoms with E-state index in [1.807, 2.05) is 13.0 Å². The van der Waals surface area contributed by atoms with E-state index in [2.05, 4.69) is 41.2 Å². The molecule has 98 valence electrons. The van der Waals surface area contributed by atoms with Gasteiger partial charge in [0.05, 0.1) is 11.2 Å². The van der Waals surface area contributed by atoms with E-state index >= 15 is 0 Å². The molecule has 1 aromatic carbocycles. The largest absolute Gasteiger partial charge is 0.319 e. The summed E-state index contributed by atoms with van der Waals surface area (Å²) in [6.45, 7) is 4.16. The third-order valence-corrected chi connectivity index (χ3v) is 3.75. The monoisotopic (exact) mass is 253 g/mol. The summed E-state index contributed by atoms with van der Waals surface area (Å²) < 4.78 is 0. The van der Waals surface area contributed by atoms with E-state index in [1.54, 1.807) is 0 Å². The second-order valence-corrected chi connectivity index (χ2v) is 5.42. The molecule has 1 heterocycles. The highest BCUT2D eigenvalue weighted by Gasteiger charge is 2.43. The molecule has 0 radical (unpaired) electrons. The molecule has 0 spiro atoms. The Morgan fingerprint density at radius 1 is 1.16 bits per heavy atom. The zero-order valence-corrected chi connectivity index (χ0v) is 11.5. The lowest BCUT2D eigenvalue weighted by atomic mass is 10.1. The van der Waals surface area contributed by atoms with Crippen LogP contribution in [0.15, 0.2) is 30.3 Å². The molecule has 0 amide bonds. The SMILES string of the molecule is CCc1ccc(-c2cc(C)nc(C3(N)CC3)n2)cc1. The zero-order valence-electron chi connectivity index (χ0n) is 11.5. The molecule has 3 rings (SSSR count). The summed E-state index contributed by atoms with van der Waals surface area (Å²) in [4.78, 5) is 9.15. The van der Waals surface area contributed by atoms with Gasteiger partial charge >= 0.3 is 0 Å².